The van der Waals surface area contributed by atoms with E-state index in [9.17, 15) is 0 Å². The first-order valence-electron chi connectivity index (χ1n) is 18.5. The Morgan fingerprint density at radius 1 is 0.519 bits per heavy atom. The molecule has 1 aromatic heterocycles. The van der Waals surface area contributed by atoms with Gasteiger partial charge in [-0.2, -0.15) is 0 Å². The Hall–Kier alpha value is -5.76. The molecule has 11 rings (SSSR count). The molecule has 8 aromatic carbocycles. The molecule has 2 aliphatic rings. The Morgan fingerprint density at radius 2 is 1.15 bits per heavy atom. The Morgan fingerprint density at radius 3 is 1.90 bits per heavy atom. The number of hydrogen-bond acceptors (Lipinski definition) is 1. The Labute approximate surface area is 308 Å². The summed E-state index contributed by atoms with van der Waals surface area (Å²) in [7, 11) is 0. The van der Waals surface area contributed by atoms with Gasteiger partial charge < -0.3 is 0 Å². The second-order valence-corrected chi connectivity index (χ2v) is 16.1. The van der Waals surface area contributed by atoms with Crippen LogP contribution in [0.2, 0.25) is 0 Å². The van der Waals surface area contributed by atoms with Gasteiger partial charge in [0, 0.05) is 31.0 Å². The summed E-state index contributed by atoms with van der Waals surface area (Å²) in [6.45, 7) is 4.81. The van der Waals surface area contributed by atoms with Crippen molar-refractivity contribution in [2.75, 3.05) is 0 Å². The maximum Gasteiger partial charge on any atom is 0.0440 e. The van der Waals surface area contributed by atoms with E-state index >= 15 is 0 Å². The SMILES string of the molecule is CC1(C)c2ccc(C3=CCCC(c4c5ccccc5c(-c5ccccc5)c5ccccc45)=C3)cc2-c2c1ccc1ccc3c4ccccc4sc3c21. The van der Waals surface area contributed by atoms with E-state index in [1.807, 2.05) is 11.3 Å². The molecule has 0 spiro atoms. The molecule has 0 fully saturated rings. The van der Waals surface area contributed by atoms with Crippen molar-refractivity contribution in [3.05, 3.63) is 180 Å². The van der Waals surface area contributed by atoms with Gasteiger partial charge in [-0.05, 0) is 108 Å². The predicted molar refractivity (Wildman–Crippen MR) is 226 cm³/mol. The molecular weight excluding hydrogens is 645 g/mol. The van der Waals surface area contributed by atoms with Gasteiger partial charge in [0.15, 0.2) is 0 Å². The van der Waals surface area contributed by atoms with E-state index in [2.05, 4.69) is 172 Å². The minimum Gasteiger partial charge on any atom is -0.135 e. The van der Waals surface area contributed by atoms with Gasteiger partial charge in [0.05, 0.1) is 0 Å². The first-order chi connectivity index (χ1) is 25.6. The maximum atomic E-state index is 2.51. The van der Waals surface area contributed by atoms with Gasteiger partial charge in [-0.3, -0.25) is 0 Å². The van der Waals surface area contributed by atoms with E-state index in [0.717, 1.165) is 12.8 Å². The summed E-state index contributed by atoms with van der Waals surface area (Å²) in [6.07, 6.45) is 7.00. The molecule has 0 N–H and O–H groups in total. The second kappa shape index (κ2) is 11.1. The van der Waals surface area contributed by atoms with Gasteiger partial charge in [-0.1, -0.05) is 159 Å². The number of allylic oxidation sites excluding steroid dienone is 4. The number of fused-ring (bicyclic) bond motifs is 11. The van der Waals surface area contributed by atoms with Crippen molar-refractivity contribution in [2.24, 2.45) is 0 Å². The predicted octanol–water partition coefficient (Wildman–Crippen LogP) is 14.7. The summed E-state index contributed by atoms with van der Waals surface area (Å²) < 4.78 is 2.76. The van der Waals surface area contributed by atoms with E-state index in [1.54, 1.807) is 0 Å². The van der Waals surface area contributed by atoms with Gasteiger partial charge in [-0.15, -0.1) is 11.3 Å². The van der Waals surface area contributed by atoms with Gasteiger partial charge >= 0.3 is 0 Å². The zero-order valence-electron chi connectivity index (χ0n) is 29.3. The van der Waals surface area contributed by atoms with Crippen molar-refractivity contribution in [1.29, 1.82) is 0 Å². The van der Waals surface area contributed by atoms with Crippen LogP contribution in [0.3, 0.4) is 0 Å². The second-order valence-electron chi connectivity index (χ2n) is 15.1. The lowest BCUT2D eigenvalue weighted by atomic mass is 9.81. The van der Waals surface area contributed by atoms with Crippen molar-refractivity contribution in [3.8, 4) is 22.3 Å². The van der Waals surface area contributed by atoms with Gasteiger partial charge in [0.25, 0.3) is 0 Å². The lowest BCUT2D eigenvalue weighted by Crippen LogP contribution is -2.14. The molecule has 0 radical (unpaired) electrons. The highest BCUT2D eigenvalue weighted by Crippen LogP contribution is 2.54. The summed E-state index contributed by atoms with van der Waals surface area (Å²) >= 11 is 1.94. The van der Waals surface area contributed by atoms with Gasteiger partial charge in [-0.25, -0.2) is 0 Å². The minimum absolute atomic E-state index is 0.0729. The monoisotopic (exact) mass is 680 g/mol. The first-order valence-corrected chi connectivity index (χ1v) is 19.3. The highest BCUT2D eigenvalue weighted by atomic mass is 32.1. The summed E-state index contributed by atoms with van der Waals surface area (Å²) in [4.78, 5) is 0. The zero-order chi connectivity index (χ0) is 34.6. The third-order valence-corrected chi connectivity index (χ3v) is 13.1. The van der Waals surface area contributed by atoms with Crippen LogP contribution in [0.4, 0.5) is 0 Å². The number of rotatable bonds is 3. The van der Waals surface area contributed by atoms with Crippen LogP contribution < -0.4 is 0 Å². The first kappa shape index (κ1) is 29.9. The fraction of sp³-hybridized carbons (Fsp3) is 0.0980. The molecule has 0 nitrogen and oxygen atoms in total. The third-order valence-electron chi connectivity index (χ3n) is 11.9. The molecule has 0 saturated heterocycles. The number of hydrogen-bond donors (Lipinski definition) is 0. The summed E-state index contributed by atoms with van der Waals surface area (Å²) in [5, 5.41) is 10.7. The molecule has 246 valence electrons. The van der Waals surface area contributed by atoms with E-state index in [0.29, 0.717) is 0 Å². The van der Waals surface area contributed by atoms with Crippen LogP contribution in [-0.2, 0) is 5.41 Å². The van der Waals surface area contributed by atoms with Crippen molar-refractivity contribution < 1.29 is 0 Å². The van der Waals surface area contributed by atoms with Crippen LogP contribution in [0.15, 0.2) is 158 Å². The Balaban J connectivity index is 1.11. The van der Waals surface area contributed by atoms with Crippen LogP contribution in [0.1, 0.15) is 48.9 Å². The van der Waals surface area contributed by atoms with Crippen LogP contribution >= 0.6 is 11.3 Å². The topological polar surface area (TPSA) is 0 Å². The molecule has 1 heteroatoms. The molecule has 0 bridgehead atoms. The molecule has 9 aromatic rings. The Kier molecular flexibility index (Phi) is 6.40. The van der Waals surface area contributed by atoms with E-state index < -0.39 is 0 Å². The summed E-state index contributed by atoms with van der Waals surface area (Å²) in [5.74, 6) is 0. The van der Waals surface area contributed by atoms with Crippen LogP contribution in [0.5, 0.6) is 0 Å². The average molecular weight is 681 g/mol. The van der Waals surface area contributed by atoms with Gasteiger partial charge in [0.2, 0.25) is 0 Å². The molecule has 0 atom stereocenters. The quantitative estimate of drug-likeness (QED) is 0.163. The van der Waals surface area contributed by atoms with Crippen molar-refractivity contribution >= 4 is 75.0 Å². The molecule has 2 aliphatic carbocycles. The molecular formula is C51H36S. The normalized spacial score (nSPS) is 15.0. The lowest BCUT2D eigenvalue weighted by Gasteiger charge is -2.23. The summed E-state index contributed by atoms with van der Waals surface area (Å²) in [6, 6.07) is 54.6. The minimum atomic E-state index is -0.0729. The molecule has 0 aliphatic heterocycles. The fourth-order valence-electron chi connectivity index (χ4n) is 9.50. The zero-order valence-corrected chi connectivity index (χ0v) is 30.2. The van der Waals surface area contributed by atoms with Crippen molar-refractivity contribution in [1.82, 2.24) is 0 Å². The highest BCUT2D eigenvalue weighted by molar-refractivity contribution is 7.26. The third kappa shape index (κ3) is 4.21. The molecule has 0 unspecified atom stereocenters. The fourth-order valence-corrected chi connectivity index (χ4v) is 10.8. The number of benzene rings is 8. The number of thiophene rings is 1. The van der Waals surface area contributed by atoms with Crippen LogP contribution in [0.25, 0.3) is 85.9 Å². The molecule has 0 amide bonds. The van der Waals surface area contributed by atoms with E-state index in [4.69, 9.17) is 0 Å². The standard InChI is InChI=1S/C51H36S/c1-51(2)43-27-25-34(30-42(43)49-44(51)28-24-32-23-26-41-36-17-10-11-22-45(36)52-50(41)48(32)49)33-15-12-16-35(29-33)47-39-20-8-6-18-37(39)46(31-13-4-3-5-14-31)38-19-7-9-21-40(38)47/h3-11,13-15,17-30H,12,16H2,1-2H3. The van der Waals surface area contributed by atoms with E-state index in [1.165, 1.54) is 108 Å². The average Bonchev–Trinajstić information content (AvgIpc) is 3.69. The Bertz CT molecular complexity index is 2960. The van der Waals surface area contributed by atoms with E-state index in [-0.39, 0.29) is 5.41 Å². The van der Waals surface area contributed by atoms with Crippen molar-refractivity contribution in [2.45, 2.75) is 32.1 Å². The molecule has 52 heavy (non-hydrogen) atoms. The lowest BCUT2D eigenvalue weighted by molar-refractivity contribution is 0.661. The molecule has 1 heterocycles. The maximum absolute atomic E-state index is 2.51. The van der Waals surface area contributed by atoms with Gasteiger partial charge in [0.1, 0.15) is 0 Å². The summed E-state index contributed by atoms with van der Waals surface area (Å²) in [5.41, 5.74) is 13.6. The molecule has 0 saturated carbocycles. The van der Waals surface area contributed by atoms with Crippen LogP contribution in [-0.4, -0.2) is 0 Å². The van der Waals surface area contributed by atoms with Crippen molar-refractivity contribution in [3.63, 3.8) is 0 Å². The largest absolute Gasteiger partial charge is 0.135 e. The highest BCUT2D eigenvalue weighted by Gasteiger charge is 2.37. The van der Waals surface area contributed by atoms with Crippen LogP contribution in [0, 0.1) is 0 Å². The smallest absolute Gasteiger partial charge is 0.0440 e.